The second-order valence-corrected chi connectivity index (χ2v) is 7.05. The third-order valence-electron chi connectivity index (χ3n) is 3.25. The molecule has 0 spiro atoms. The Labute approximate surface area is 126 Å². The number of hydrogen-bond acceptors (Lipinski definition) is 3. The summed E-state index contributed by atoms with van der Waals surface area (Å²) in [5, 5.41) is 8.60. The molecule has 1 aromatic rings. The molecule has 0 saturated heterocycles. The lowest BCUT2D eigenvalue weighted by molar-refractivity contribution is -0.137. The van der Waals surface area contributed by atoms with Crippen LogP contribution in [0.2, 0.25) is 0 Å². The van der Waals surface area contributed by atoms with E-state index in [2.05, 4.69) is 11.6 Å². The Bertz CT molecular complexity index is 552. The van der Waals surface area contributed by atoms with E-state index in [0.29, 0.717) is 6.42 Å². The van der Waals surface area contributed by atoms with Crippen molar-refractivity contribution in [1.29, 1.82) is 0 Å². The maximum Gasteiger partial charge on any atom is 0.303 e. The molecule has 118 valence electrons. The van der Waals surface area contributed by atoms with Crippen molar-refractivity contribution >= 4 is 16.0 Å². The Morgan fingerprint density at radius 1 is 1.29 bits per heavy atom. The van der Waals surface area contributed by atoms with Gasteiger partial charge in [0.05, 0.1) is 4.90 Å². The Morgan fingerprint density at radius 2 is 1.90 bits per heavy atom. The van der Waals surface area contributed by atoms with Crippen LogP contribution < -0.4 is 4.72 Å². The van der Waals surface area contributed by atoms with E-state index in [9.17, 15) is 13.2 Å². The van der Waals surface area contributed by atoms with Crippen LogP contribution in [0.4, 0.5) is 0 Å². The van der Waals surface area contributed by atoms with Crippen molar-refractivity contribution in [3.8, 4) is 0 Å². The van der Waals surface area contributed by atoms with Gasteiger partial charge < -0.3 is 5.11 Å². The highest BCUT2D eigenvalue weighted by atomic mass is 32.2. The summed E-state index contributed by atoms with van der Waals surface area (Å²) >= 11 is 0. The highest BCUT2D eigenvalue weighted by Gasteiger charge is 2.15. The predicted molar refractivity (Wildman–Crippen MR) is 81.7 cm³/mol. The molecule has 0 aromatic heterocycles. The first-order valence-electron chi connectivity index (χ1n) is 7.15. The molecule has 0 bridgehead atoms. The van der Waals surface area contributed by atoms with E-state index in [1.165, 1.54) is 0 Å². The van der Waals surface area contributed by atoms with E-state index in [1.807, 2.05) is 19.1 Å². The number of nitrogens with one attached hydrogen (secondary N) is 1. The summed E-state index contributed by atoms with van der Waals surface area (Å²) < 4.78 is 26.8. The lowest BCUT2D eigenvalue weighted by Crippen LogP contribution is -2.28. The molecule has 1 unspecified atom stereocenters. The monoisotopic (exact) mass is 313 g/mol. The Hall–Kier alpha value is -1.40. The first kappa shape index (κ1) is 17.7. The van der Waals surface area contributed by atoms with Crippen molar-refractivity contribution in [3.05, 3.63) is 29.8 Å². The van der Waals surface area contributed by atoms with Crippen LogP contribution in [-0.2, 0) is 21.2 Å². The average Bonchev–Trinajstić information content (AvgIpc) is 2.44. The molecule has 1 aromatic carbocycles. The smallest absolute Gasteiger partial charge is 0.303 e. The molecule has 2 N–H and O–H groups in total. The van der Waals surface area contributed by atoms with Crippen LogP contribution in [0.25, 0.3) is 0 Å². The number of rotatable bonds is 9. The van der Waals surface area contributed by atoms with Crippen molar-refractivity contribution in [2.24, 2.45) is 5.92 Å². The summed E-state index contributed by atoms with van der Waals surface area (Å²) in [6, 6.07) is 6.86. The van der Waals surface area contributed by atoms with Gasteiger partial charge in [0.15, 0.2) is 0 Å². The first-order chi connectivity index (χ1) is 9.85. The van der Waals surface area contributed by atoms with Gasteiger partial charge in [0, 0.05) is 13.0 Å². The van der Waals surface area contributed by atoms with Gasteiger partial charge in [-0.25, -0.2) is 13.1 Å². The number of sulfonamides is 1. The van der Waals surface area contributed by atoms with Crippen molar-refractivity contribution in [1.82, 2.24) is 4.72 Å². The molecule has 21 heavy (non-hydrogen) atoms. The van der Waals surface area contributed by atoms with Crippen molar-refractivity contribution in [3.63, 3.8) is 0 Å². The van der Waals surface area contributed by atoms with Crippen molar-refractivity contribution < 1.29 is 18.3 Å². The number of aliphatic carboxylic acids is 1. The number of hydrogen-bond donors (Lipinski definition) is 2. The topological polar surface area (TPSA) is 83.5 Å². The van der Waals surface area contributed by atoms with Crippen LogP contribution in [0.5, 0.6) is 0 Å². The second-order valence-electron chi connectivity index (χ2n) is 5.28. The zero-order chi connectivity index (χ0) is 15.9. The molecule has 6 heteroatoms. The quantitative estimate of drug-likeness (QED) is 0.733. The van der Waals surface area contributed by atoms with Crippen LogP contribution in [-0.4, -0.2) is 26.0 Å². The molecular weight excluding hydrogens is 290 g/mol. The first-order valence-corrected chi connectivity index (χ1v) is 8.64. The summed E-state index contributed by atoms with van der Waals surface area (Å²) in [4.78, 5) is 10.7. The van der Waals surface area contributed by atoms with E-state index in [-0.39, 0.29) is 23.8 Å². The molecule has 0 fully saturated rings. The maximum absolute atomic E-state index is 12.1. The number of carbonyl (C=O) groups is 1. The summed E-state index contributed by atoms with van der Waals surface area (Å²) in [5.74, 6) is -0.883. The third kappa shape index (κ3) is 6.27. The van der Waals surface area contributed by atoms with E-state index in [4.69, 9.17) is 5.11 Å². The summed E-state index contributed by atoms with van der Waals surface area (Å²) in [6.45, 7) is 4.15. The Balaban J connectivity index is 2.58. The zero-order valence-corrected chi connectivity index (χ0v) is 13.3. The number of aryl methyl sites for hydroxylation is 1. The fourth-order valence-electron chi connectivity index (χ4n) is 1.93. The minimum Gasteiger partial charge on any atom is -0.481 e. The van der Waals surface area contributed by atoms with Gasteiger partial charge in [-0.3, -0.25) is 4.79 Å². The molecule has 1 rings (SSSR count). The Kier molecular flexibility index (Phi) is 6.84. The molecule has 5 nitrogen and oxygen atoms in total. The molecule has 0 aliphatic heterocycles. The minimum atomic E-state index is -3.52. The maximum atomic E-state index is 12.1. The van der Waals surface area contributed by atoms with Crippen LogP contribution in [0.15, 0.2) is 29.2 Å². The normalized spacial score (nSPS) is 13.0. The van der Waals surface area contributed by atoms with E-state index < -0.39 is 16.0 Å². The molecule has 0 aliphatic rings. The fraction of sp³-hybridized carbons (Fsp3) is 0.533. The van der Waals surface area contributed by atoms with Gasteiger partial charge in [0.1, 0.15) is 0 Å². The van der Waals surface area contributed by atoms with Crippen LogP contribution in [0, 0.1) is 5.92 Å². The summed E-state index contributed by atoms with van der Waals surface area (Å²) in [5.41, 5.74) is 1.12. The molecule has 1 atom stereocenters. The summed E-state index contributed by atoms with van der Waals surface area (Å²) in [6.07, 6.45) is 2.45. The van der Waals surface area contributed by atoms with Crippen molar-refractivity contribution in [2.75, 3.05) is 6.54 Å². The summed E-state index contributed by atoms with van der Waals surface area (Å²) in [7, 11) is -3.52. The van der Waals surface area contributed by atoms with Gasteiger partial charge in [-0.05, 0) is 36.5 Å². The van der Waals surface area contributed by atoms with Crippen LogP contribution in [0.1, 0.15) is 38.7 Å². The number of carboxylic acid groups (broad SMARTS) is 1. The lowest BCUT2D eigenvalue weighted by Gasteiger charge is -2.12. The highest BCUT2D eigenvalue weighted by Crippen LogP contribution is 2.13. The largest absolute Gasteiger partial charge is 0.481 e. The minimum absolute atomic E-state index is 0.0183. The van der Waals surface area contributed by atoms with E-state index in [0.717, 1.165) is 18.4 Å². The van der Waals surface area contributed by atoms with Crippen molar-refractivity contribution in [2.45, 2.75) is 44.4 Å². The van der Waals surface area contributed by atoms with Crippen LogP contribution >= 0.6 is 0 Å². The SMILES string of the molecule is CCCc1ccc(S(=O)(=O)NCC(C)CCC(=O)O)cc1. The van der Waals surface area contributed by atoms with Gasteiger partial charge in [-0.1, -0.05) is 32.4 Å². The molecule has 0 heterocycles. The van der Waals surface area contributed by atoms with Gasteiger partial charge in [0.25, 0.3) is 0 Å². The van der Waals surface area contributed by atoms with Gasteiger partial charge in [-0.2, -0.15) is 0 Å². The molecule has 0 aliphatic carbocycles. The zero-order valence-electron chi connectivity index (χ0n) is 12.5. The van der Waals surface area contributed by atoms with Crippen LogP contribution in [0.3, 0.4) is 0 Å². The molecule has 0 amide bonds. The second kappa shape index (κ2) is 8.14. The number of carboxylic acids is 1. The average molecular weight is 313 g/mol. The van der Waals surface area contributed by atoms with E-state index >= 15 is 0 Å². The van der Waals surface area contributed by atoms with Gasteiger partial charge >= 0.3 is 5.97 Å². The van der Waals surface area contributed by atoms with Gasteiger partial charge in [0.2, 0.25) is 10.0 Å². The third-order valence-corrected chi connectivity index (χ3v) is 4.68. The number of benzene rings is 1. The Morgan fingerprint density at radius 3 is 2.43 bits per heavy atom. The highest BCUT2D eigenvalue weighted by molar-refractivity contribution is 7.89. The lowest BCUT2D eigenvalue weighted by atomic mass is 10.1. The van der Waals surface area contributed by atoms with E-state index in [1.54, 1.807) is 12.1 Å². The van der Waals surface area contributed by atoms with Gasteiger partial charge in [-0.15, -0.1) is 0 Å². The predicted octanol–water partition coefficient (Wildman–Crippen LogP) is 2.42. The fourth-order valence-corrected chi connectivity index (χ4v) is 3.10. The molecule has 0 saturated carbocycles. The molecular formula is C15H23NO4S. The standard InChI is InChI=1S/C15H23NO4S/c1-3-4-13-6-8-14(9-7-13)21(19,20)16-11-12(2)5-10-15(17)18/h6-9,12,16H,3-5,10-11H2,1-2H3,(H,17,18). The molecule has 0 radical (unpaired) electrons.